The lowest BCUT2D eigenvalue weighted by Crippen LogP contribution is -2.22. The van der Waals surface area contributed by atoms with Gasteiger partial charge in [0.2, 0.25) is 0 Å². The molecule has 0 aromatic carbocycles. The number of rotatable bonds is 7. The lowest BCUT2D eigenvalue weighted by molar-refractivity contribution is 0.193. The first-order chi connectivity index (χ1) is 10.0. The van der Waals surface area contributed by atoms with Crippen molar-refractivity contribution >= 4 is 11.6 Å². The third-order valence-corrected chi connectivity index (χ3v) is 3.61. The summed E-state index contributed by atoms with van der Waals surface area (Å²) in [5, 5.41) is 19.7. The average Bonchev–Trinajstić information content (AvgIpc) is 3.03. The molecule has 7 heteroatoms. The minimum atomic E-state index is -0.823. The van der Waals surface area contributed by atoms with Crippen molar-refractivity contribution in [3.05, 3.63) is 34.9 Å². The second kappa shape index (κ2) is 7.06. The fraction of sp³-hybridized carbons (Fsp3) is 0.571. The zero-order valence-corrected chi connectivity index (χ0v) is 13.5. The molecule has 2 rings (SSSR count). The van der Waals surface area contributed by atoms with Crippen molar-refractivity contribution in [1.82, 2.24) is 24.5 Å². The first kappa shape index (κ1) is 16.0. The number of aromatic nitrogens is 4. The molecule has 2 heterocycles. The van der Waals surface area contributed by atoms with Crippen LogP contribution in [0.15, 0.2) is 18.5 Å². The highest BCUT2D eigenvalue weighted by Crippen LogP contribution is 2.28. The second-order valence-electron chi connectivity index (χ2n) is 5.29. The predicted octanol–water partition coefficient (Wildman–Crippen LogP) is 1.79. The van der Waals surface area contributed by atoms with Crippen LogP contribution in [-0.2, 0) is 13.1 Å². The van der Waals surface area contributed by atoms with E-state index in [0.29, 0.717) is 17.3 Å². The van der Waals surface area contributed by atoms with Gasteiger partial charge in [-0.1, -0.05) is 18.5 Å². The van der Waals surface area contributed by atoms with Crippen LogP contribution < -0.4 is 0 Å². The van der Waals surface area contributed by atoms with E-state index in [4.69, 9.17) is 11.6 Å². The zero-order chi connectivity index (χ0) is 15.4. The highest BCUT2D eigenvalue weighted by atomic mass is 35.5. The summed E-state index contributed by atoms with van der Waals surface area (Å²) in [6.07, 6.45) is 3.41. The number of hydrogen-bond donors (Lipinski definition) is 1. The van der Waals surface area contributed by atoms with Crippen LogP contribution in [0.5, 0.6) is 0 Å². The Labute approximate surface area is 129 Å². The summed E-state index contributed by atoms with van der Waals surface area (Å²) in [7, 11) is 4.00. The normalized spacial score (nSPS) is 13.0. The summed E-state index contributed by atoms with van der Waals surface area (Å²) in [6.45, 7) is 4.34. The molecule has 2 aromatic heterocycles. The summed E-state index contributed by atoms with van der Waals surface area (Å²) < 4.78 is 3.57. The Hall–Kier alpha value is -1.37. The summed E-state index contributed by atoms with van der Waals surface area (Å²) >= 11 is 6.21. The van der Waals surface area contributed by atoms with Crippen LogP contribution in [0.1, 0.15) is 30.8 Å². The zero-order valence-electron chi connectivity index (χ0n) is 12.7. The Morgan fingerprint density at radius 1 is 1.29 bits per heavy atom. The number of aryl methyl sites for hydroxylation is 1. The topological polar surface area (TPSA) is 59.1 Å². The maximum Gasteiger partial charge on any atom is 0.139 e. The molecule has 1 atom stereocenters. The van der Waals surface area contributed by atoms with Crippen molar-refractivity contribution in [1.29, 1.82) is 0 Å². The molecule has 0 saturated heterocycles. The minimum Gasteiger partial charge on any atom is -0.380 e. The van der Waals surface area contributed by atoms with Crippen molar-refractivity contribution in [2.45, 2.75) is 32.5 Å². The first-order valence-corrected chi connectivity index (χ1v) is 7.48. The summed E-state index contributed by atoms with van der Waals surface area (Å²) in [6, 6.07) is 1.82. The van der Waals surface area contributed by atoms with E-state index < -0.39 is 6.10 Å². The van der Waals surface area contributed by atoms with E-state index in [1.807, 2.05) is 24.8 Å². The molecule has 0 spiro atoms. The molecular weight excluding hydrogens is 290 g/mol. The molecule has 0 amide bonds. The lowest BCUT2D eigenvalue weighted by atomic mass is 10.2. The molecule has 116 valence electrons. The van der Waals surface area contributed by atoms with Gasteiger partial charge in [-0.3, -0.25) is 9.36 Å². The van der Waals surface area contributed by atoms with E-state index in [2.05, 4.69) is 22.0 Å². The number of hydrogen-bond acceptors (Lipinski definition) is 4. The second-order valence-corrected chi connectivity index (χ2v) is 5.69. The number of nitrogens with zero attached hydrogens (tertiary/aromatic N) is 5. The van der Waals surface area contributed by atoms with Gasteiger partial charge in [0.25, 0.3) is 0 Å². The van der Waals surface area contributed by atoms with Crippen LogP contribution in [0.3, 0.4) is 0 Å². The number of likely N-dealkylation sites (N-methyl/N-ethyl adjacent to an activating group) is 1. The van der Waals surface area contributed by atoms with Crippen molar-refractivity contribution in [2.24, 2.45) is 0 Å². The van der Waals surface area contributed by atoms with E-state index >= 15 is 0 Å². The maximum atomic E-state index is 10.7. The molecule has 2 aromatic rings. The van der Waals surface area contributed by atoms with Crippen LogP contribution >= 0.6 is 11.6 Å². The number of halogens is 1. The van der Waals surface area contributed by atoms with Gasteiger partial charge >= 0.3 is 0 Å². The minimum absolute atomic E-state index is 0.477. The molecule has 1 N–H and O–H groups in total. The van der Waals surface area contributed by atoms with Gasteiger partial charge in [0.05, 0.1) is 29.2 Å². The summed E-state index contributed by atoms with van der Waals surface area (Å²) in [5.41, 5.74) is 1.36. The Balaban J connectivity index is 2.27. The highest BCUT2D eigenvalue weighted by Gasteiger charge is 2.22. The van der Waals surface area contributed by atoms with Gasteiger partial charge in [0.15, 0.2) is 0 Å². The van der Waals surface area contributed by atoms with Crippen LogP contribution in [-0.4, -0.2) is 50.2 Å². The molecule has 0 bridgehead atoms. The van der Waals surface area contributed by atoms with E-state index in [1.54, 1.807) is 17.1 Å². The molecule has 0 aliphatic heterocycles. The predicted molar refractivity (Wildman–Crippen MR) is 82.4 cm³/mol. The molecule has 0 aliphatic rings. The van der Waals surface area contributed by atoms with Crippen LogP contribution in [0.4, 0.5) is 0 Å². The molecule has 0 saturated carbocycles. The maximum absolute atomic E-state index is 10.7. The van der Waals surface area contributed by atoms with Crippen molar-refractivity contribution < 1.29 is 5.11 Å². The van der Waals surface area contributed by atoms with E-state index in [0.717, 1.165) is 25.2 Å². The van der Waals surface area contributed by atoms with Crippen LogP contribution in [0.25, 0.3) is 0 Å². The Morgan fingerprint density at radius 2 is 2.05 bits per heavy atom. The Morgan fingerprint density at radius 3 is 2.71 bits per heavy atom. The summed E-state index contributed by atoms with van der Waals surface area (Å²) in [5.74, 6) is 0. The van der Waals surface area contributed by atoms with E-state index in [1.165, 1.54) is 0 Å². The fourth-order valence-electron chi connectivity index (χ4n) is 2.23. The Bertz CT molecular complexity index is 578. The standard InChI is InChI=1S/C14H22ClN5O/c1-4-7-19-12(5-6-16-19)14(21)13-11(15)10-17-20(13)9-8-18(2)3/h5-6,10,14,21H,4,7-9H2,1-3H3. The SMILES string of the molecule is CCCn1nccc1C(O)c1c(Cl)cnn1CCN(C)C. The molecule has 21 heavy (non-hydrogen) atoms. The largest absolute Gasteiger partial charge is 0.380 e. The fourth-order valence-corrected chi connectivity index (χ4v) is 2.48. The van der Waals surface area contributed by atoms with Gasteiger partial charge in [-0.05, 0) is 26.6 Å². The monoisotopic (exact) mass is 311 g/mol. The molecule has 0 aliphatic carbocycles. The third-order valence-electron chi connectivity index (χ3n) is 3.32. The van der Waals surface area contributed by atoms with E-state index in [-0.39, 0.29) is 0 Å². The van der Waals surface area contributed by atoms with Crippen molar-refractivity contribution in [2.75, 3.05) is 20.6 Å². The van der Waals surface area contributed by atoms with Gasteiger partial charge in [0, 0.05) is 19.3 Å². The average molecular weight is 312 g/mol. The van der Waals surface area contributed by atoms with Crippen LogP contribution in [0.2, 0.25) is 5.02 Å². The number of aliphatic hydroxyl groups is 1. The van der Waals surface area contributed by atoms with Gasteiger partial charge in [-0.2, -0.15) is 10.2 Å². The number of aliphatic hydroxyl groups excluding tert-OH is 1. The van der Waals surface area contributed by atoms with Gasteiger partial charge in [-0.15, -0.1) is 0 Å². The quantitative estimate of drug-likeness (QED) is 0.847. The Kier molecular flexibility index (Phi) is 5.39. The van der Waals surface area contributed by atoms with Gasteiger partial charge in [-0.25, -0.2) is 0 Å². The molecular formula is C14H22ClN5O. The van der Waals surface area contributed by atoms with Crippen molar-refractivity contribution in [3.63, 3.8) is 0 Å². The van der Waals surface area contributed by atoms with Crippen molar-refractivity contribution in [3.8, 4) is 0 Å². The lowest BCUT2D eigenvalue weighted by Gasteiger charge is -2.17. The molecule has 0 fully saturated rings. The highest BCUT2D eigenvalue weighted by molar-refractivity contribution is 6.31. The van der Waals surface area contributed by atoms with Gasteiger partial charge in [0.1, 0.15) is 6.10 Å². The molecule has 0 radical (unpaired) electrons. The molecule has 1 unspecified atom stereocenters. The summed E-state index contributed by atoms with van der Waals surface area (Å²) in [4.78, 5) is 2.06. The third kappa shape index (κ3) is 3.64. The first-order valence-electron chi connectivity index (χ1n) is 7.10. The van der Waals surface area contributed by atoms with E-state index in [9.17, 15) is 5.11 Å². The van der Waals surface area contributed by atoms with Gasteiger partial charge < -0.3 is 10.0 Å². The smallest absolute Gasteiger partial charge is 0.139 e. The van der Waals surface area contributed by atoms with Crippen LogP contribution in [0, 0.1) is 0 Å². The molecule has 6 nitrogen and oxygen atoms in total.